The molecular formula is C16H21ClN4O. The maximum absolute atomic E-state index is 12.3. The summed E-state index contributed by atoms with van der Waals surface area (Å²) >= 11 is 5.96. The Kier molecular flexibility index (Phi) is 4.25. The number of pyridine rings is 1. The third-order valence-corrected chi connectivity index (χ3v) is 4.27. The molecule has 1 fully saturated rings. The van der Waals surface area contributed by atoms with E-state index in [1.807, 2.05) is 33.8 Å². The molecule has 22 heavy (non-hydrogen) atoms. The Labute approximate surface area is 135 Å². The summed E-state index contributed by atoms with van der Waals surface area (Å²) in [6.45, 7) is 6.48. The highest BCUT2D eigenvalue weighted by molar-refractivity contribution is 6.30. The largest absolute Gasteiger partial charge is 0.332 e. The Hall–Kier alpha value is -1.75. The second-order valence-corrected chi connectivity index (χ2v) is 6.79. The quantitative estimate of drug-likeness (QED) is 0.924. The molecule has 2 unspecified atom stereocenters. The van der Waals surface area contributed by atoms with Gasteiger partial charge in [-0.2, -0.15) is 0 Å². The second-order valence-electron chi connectivity index (χ2n) is 6.35. The number of urea groups is 1. The molecule has 118 valence electrons. The summed E-state index contributed by atoms with van der Waals surface area (Å²) in [7, 11) is 0. The SMILES string of the molecule is CC1CC(C)CN(C(=O)NCc2cn3cc(Cl)ccc3n2)C1. The number of carbonyl (C=O) groups excluding carboxylic acids is 1. The summed E-state index contributed by atoms with van der Waals surface area (Å²) in [4.78, 5) is 18.7. The van der Waals surface area contributed by atoms with Gasteiger partial charge >= 0.3 is 6.03 Å². The number of nitrogens with zero attached hydrogens (tertiary/aromatic N) is 3. The fraction of sp³-hybridized carbons (Fsp3) is 0.500. The molecule has 2 aromatic heterocycles. The van der Waals surface area contributed by atoms with Gasteiger partial charge < -0.3 is 14.6 Å². The number of hydrogen-bond acceptors (Lipinski definition) is 2. The van der Waals surface area contributed by atoms with Gasteiger partial charge in [0.05, 0.1) is 17.3 Å². The summed E-state index contributed by atoms with van der Waals surface area (Å²) in [5, 5.41) is 3.63. The number of amides is 2. The van der Waals surface area contributed by atoms with Crippen LogP contribution in [0.4, 0.5) is 4.79 Å². The molecule has 2 atom stereocenters. The van der Waals surface area contributed by atoms with Crippen molar-refractivity contribution >= 4 is 23.3 Å². The molecule has 0 spiro atoms. The predicted molar refractivity (Wildman–Crippen MR) is 87.0 cm³/mol. The zero-order chi connectivity index (χ0) is 15.7. The number of aromatic nitrogens is 2. The fourth-order valence-corrected chi connectivity index (χ4v) is 3.38. The molecule has 3 heterocycles. The highest BCUT2D eigenvalue weighted by atomic mass is 35.5. The molecule has 1 saturated heterocycles. The number of likely N-dealkylation sites (tertiary alicyclic amines) is 1. The van der Waals surface area contributed by atoms with E-state index in [0.29, 0.717) is 23.4 Å². The molecule has 0 aliphatic carbocycles. The number of carbonyl (C=O) groups is 1. The average Bonchev–Trinajstić information content (AvgIpc) is 2.85. The van der Waals surface area contributed by atoms with Gasteiger partial charge in [0, 0.05) is 25.5 Å². The lowest BCUT2D eigenvalue weighted by atomic mass is 9.92. The number of piperidine rings is 1. The van der Waals surface area contributed by atoms with Crippen LogP contribution in [0.15, 0.2) is 24.5 Å². The molecule has 0 saturated carbocycles. The van der Waals surface area contributed by atoms with E-state index >= 15 is 0 Å². The molecule has 3 rings (SSSR count). The predicted octanol–water partition coefficient (Wildman–Crippen LogP) is 3.18. The molecule has 5 nitrogen and oxygen atoms in total. The molecule has 0 aromatic carbocycles. The zero-order valence-corrected chi connectivity index (χ0v) is 13.7. The van der Waals surface area contributed by atoms with E-state index < -0.39 is 0 Å². The summed E-state index contributed by atoms with van der Waals surface area (Å²) in [6, 6.07) is 3.67. The van der Waals surface area contributed by atoms with E-state index in [2.05, 4.69) is 24.1 Å². The van der Waals surface area contributed by atoms with Crippen molar-refractivity contribution in [3.63, 3.8) is 0 Å². The van der Waals surface area contributed by atoms with Gasteiger partial charge in [-0.1, -0.05) is 25.4 Å². The first-order chi connectivity index (χ1) is 10.5. The van der Waals surface area contributed by atoms with Crippen molar-refractivity contribution in [2.24, 2.45) is 11.8 Å². The van der Waals surface area contributed by atoms with Crippen molar-refractivity contribution < 1.29 is 4.79 Å². The van der Waals surface area contributed by atoms with Crippen molar-refractivity contribution in [2.45, 2.75) is 26.8 Å². The molecule has 1 aliphatic rings. The summed E-state index contributed by atoms with van der Waals surface area (Å²) in [5.41, 5.74) is 1.66. The van der Waals surface area contributed by atoms with Crippen LogP contribution in [0, 0.1) is 11.8 Å². The van der Waals surface area contributed by atoms with Crippen molar-refractivity contribution in [1.29, 1.82) is 0 Å². The van der Waals surface area contributed by atoms with Gasteiger partial charge in [-0.15, -0.1) is 0 Å². The van der Waals surface area contributed by atoms with Gasteiger partial charge in [0.15, 0.2) is 0 Å². The van der Waals surface area contributed by atoms with Crippen molar-refractivity contribution in [1.82, 2.24) is 19.6 Å². The van der Waals surface area contributed by atoms with Gasteiger partial charge in [0.1, 0.15) is 5.65 Å². The van der Waals surface area contributed by atoms with E-state index in [1.54, 1.807) is 0 Å². The van der Waals surface area contributed by atoms with Crippen LogP contribution in [-0.2, 0) is 6.54 Å². The number of fused-ring (bicyclic) bond motifs is 1. The van der Waals surface area contributed by atoms with E-state index in [1.165, 1.54) is 6.42 Å². The third-order valence-electron chi connectivity index (χ3n) is 4.04. The summed E-state index contributed by atoms with van der Waals surface area (Å²) < 4.78 is 1.87. The van der Waals surface area contributed by atoms with Crippen molar-refractivity contribution in [3.8, 4) is 0 Å². The lowest BCUT2D eigenvalue weighted by Crippen LogP contribution is -2.47. The molecule has 6 heteroatoms. The highest BCUT2D eigenvalue weighted by Crippen LogP contribution is 2.20. The van der Waals surface area contributed by atoms with Crippen LogP contribution in [0.25, 0.3) is 5.65 Å². The van der Waals surface area contributed by atoms with Crippen LogP contribution < -0.4 is 5.32 Å². The molecular weight excluding hydrogens is 300 g/mol. The van der Waals surface area contributed by atoms with Gasteiger partial charge in [-0.25, -0.2) is 9.78 Å². The molecule has 0 radical (unpaired) electrons. The van der Waals surface area contributed by atoms with Crippen LogP contribution >= 0.6 is 11.6 Å². The third kappa shape index (κ3) is 3.35. The van der Waals surface area contributed by atoms with Crippen LogP contribution in [0.5, 0.6) is 0 Å². The number of imidazole rings is 1. The van der Waals surface area contributed by atoms with Crippen LogP contribution in [-0.4, -0.2) is 33.4 Å². The molecule has 1 N–H and O–H groups in total. The minimum Gasteiger partial charge on any atom is -0.332 e. The first kappa shape index (κ1) is 15.2. The lowest BCUT2D eigenvalue weighted by Gasteiger charge is -2.34. The Balaban J connectivity index is 1.62. The minimum atomic E-state index is -0.00603. The highest BCUT2D eigenvalue weighted by Gasteiger charge is 2.25. The molecule has 1 aliphatic heterocycles. The van der Waals surface area contributed by atoms with Crippen LogP contribution in [0.2, 0.25) is 5.02 Å². The number of halogens is 1. The number of rotatable bonds is 2. The van der Waals surface area contributed by atoms with Crippen LogP contribution in [0.1, 0.15) is 26.0 Å². The van der Waals surface area contributed by atoms with E-state index in [-0.39, 0.29) is 6.03 Å². The Morgan fingerprint density at radius 1 is 1.32 bits per heavy atom. The van der Waals surface area contributed by atoms with E-state index in [9.17, 15) is 4.79 Å². The standard InChI is InChI=1S/C16H21ClN4O/c1-11-5-12(2)8-21(7-11)16(22)18-6-14-10-20-9-13(17)3-4-15(20)19-14/h3-4,9-12H,5-8H2,1-2H3,(H,18,22). The van der Waals surface area contributed by atoms with Gasteiger partial charge in [0.25, 0.3) is 0 Å². The Morgan fingerprint density at radius 2 is 2.05 bits per heavy atom. The smallest absolute Gasteiger partial charge is 0.317 e. The number of nitrogens with one attached hydrogen (secondary N) is 1. The maximum Gasteiger partial charge on any atom is 0.317 e. The minimum absolute atomic E-state index is 0.00603. The Morgan fingerprint density at radius 3 is 2.77 bits per heavy atom. The van der Waals surface area contributed by atoms with E-state index in [0.717, 1.165) is 24.4 Å². The topological polar surface area (TPSA) is 49.6 Å². The molecule has 2 amide bonds. The van der Waals surface area contributed by atoms with E-state index in [4.69, 9.17) is 11.6 Å². The second kappa shape index (κ2) is 6.16. The molecule has 0 bridgehead atoms. The van der Waals surface area contributed by atoms with Crippen molar-refractivity contribution in [3.05, 3.63) is 35.2 Å². The first-order valence-electron chi connectivity index (χ1n) is 7.67. The normalized spacial score (nSPS) is 22.0. The Bertz CT molecular complexity index is 674. The lowest BCUT2D eigenvalue weighted by molar-refractivity contribution is 0.146. The monoisotopic (exact) mass is 320 g/mol. The first-order valence-corrected chi connectivity index (χ1v) is 8.05. The van der Waals surface area contributed by atoms with Gasteiger partial charge in [0.2, 0.25) is 0 Å². The molecule has 2 aromatic rings. The van der Waals surface area contributed by atoms with Crippen molar-refractivity contribution in [2.75, 3.05) is 13.1 Å². The maximum atomic E-state index is 12.3. The average molecular weight is 321 g/mol. The summed E-state index contributed by atoms with van der Waals surface area (Å²) in [6.07, 6.45) is 4.89. The van der Waals surface area contributed by atoms with Gasteiger partial charge in [-0.3, -0.25) is 0 Å². The fourth-order valence-electron chi connectivity index (χ4n) is 3.21. The number of hydrogen-bond donors (Lipinski definition) is 1. The summed E-state index contributed by atoms with van der Waals surface area (Å²) in [5.74, 6) is 1.12. The van der Waals surface area contributed by atoms with Crippen LogP contribution in [0.3, 0.4) is 0 Å². The van der Waals surface area contributed by atoms with Gasteiger partial charge in [-0.05, 0) is 30.4 Å². The zero-order valence-electron chi connectivity index (χ0n) is 12.9.